The number of nitrogens with one attached hydrogen (secondary N) is 2. The fraction of sp³-hybridized carbons (Fsp3) is 0.480. The van der Waals surface area contributed by atoms with E-state index in [9.17, 15) is 4.79 Å². The third kappa shape index (κ3) is 4.95. The van der Waals surface area contributed by atoms with Gasteiger partial charge in [0, 0.05) is 50.6 Å². The number of benzene rings is 1. The van der Waals surface area contributed by atoms with Crippen molar-refractivity contribution >= 4 is 23.1 Å². The van der Waals surface area contributed by atoms with Crippen LogP contribution < -0.4 is 15.5 Å². The van der Waals surface area contributed by atoms with Gasteiger partial charge in [0.1, 0.15) is 11.4 Å². The smallest absolute Gasteiger partial charge is 0.256 e. The Kier molecular flexibility index (Phi) is 6.44. The molecule has 0 bridgehead atoms. The zero-order valence-corrected chi connectivity index (χ0v) is 19.3. The van der Waals surface area contributed by atoms with Gasteiger partial charge < -0.3 is 20.4 Å². The molecular formula is C25H33N7O. The molecule has 8 heteroatoms. The van der Waals surface area contributed by atoms with Gasteiger partial charge in [0.2, 0.25) is 0 Å². The van der Waals surface area contributed by atoms with Gasteiger partial charge in [-0.1, -0.05) is 37.5 Å². The van der Waals surface area contributed by atoms with Gasteiger partial charge >= 0.3 is 0 Å². The summed E-state index contributed by atoms with van der Waals surface area (Å²) < 4.78 is 1.67. The molecule has 0 unspecified atom stereocenters. The van der Waals surface area contributed by atoms with Crippen LogP contribution in [0.2, 0.25) is 0 Å². The van der Waals surface area contributed by atoms with E-state index in [2.05, 4.69) is 56.8 Å². The minimum absolute atomic E-state index is 0.0815. The third-order valence-corrected chi connectivity index (χ3v) is 6.85. The maximum atomic E-state index is 12.9. The topological polar surface area (TPSA) is 77.8 Å². The summed E-state index contributed by atoms with van der Waals surface area (Å²) in [5.74, 6) is 0.657. The third-order valence-electron chi connectivity index (χ3n) is 6.85. The summed E-state index contributed by atoms with van der Waals surface area (Å²) in [6, 6.07) is 10.7. The van der Waals surface area contributed by atoms with Crippen molar-refractivity contribution in [1.29, 1.82) is 0 Å². The van der Waals surface area contributed by atoms with Crippen LogP contribution in [-0.4, -0.2) is 64.7 Å². The van der Waals surface area contributed by atoms with Gasteiger partial charge in [0.25, 0.3) is 5.91 Å². The standard InChI is InChI=1S/C25H33N7O/c1-30-13-15-31(16-14-30)22-10-6-5-7-19(22)17-26-23-11-12-32-24(29-23)21(18-27-32)25(33)28-20-8-3-2-4-9-20/h5-7,10-12,18,20H,2-4,8-9,13-17H2,1H3,(H,26,29)(H,28,33). The summed E-state index contributed by atoms with van der Waals surface area (Å²) in [4.78, 5) is 22.4. The lowest BCUT2D eigenvalue weighted by Gasteiger charge is -2.35. The molecule has 2 aromatic heterocycles. The van der Waals surface area contributed by atoms with Crippen molar-refractivity contribution in [2.75, 3.05) is 43.4 Å². The number of aromatic nitrogens is 3. The molecule has 1 aliphatic heterocycles. The molecule has 174 valence electrons. The quantitative estimate of drug-likeness (QED) is 0.605. The van der Waals surface area contributed by atoms with Gasteiger partial charge in [-0.3, -0.25) is 4.79 Å². The van der Waals surface area contributed by atoms with Crippen LogP contribution in [-0.2, 0) is 6.54 Å². The van der Waals surface area contributed by atoms with E-state index in [0.29, 0.717) is 17.8 Å². The molecule has 1 aliphatic carbocycles. The Morgan fingerprint density at radius 2 is 1.85 bits per heavy atom. The lowest BCUT2D eigenvalue weighted by molar-refractivity contribution is 0.0929. The molecule has 5 rings (SSSR count). The van der Waals surface area contributed by atoms with Crippen molar-refractivity contribution in [3.63, 3.8) is 0 Å². The molecule has 0 radical (unpaired) electrons. The van der Waals surface area contributed by atoms with E-state index in [0.717, 1.165) is 44.8 Å². The van der Waals surface area contributed by atoms with E-state index in [1.54, 1.807) is 10.7 Å². The number of rotatable bonds is 6. The molecule has 2 N–H and O–H groups in total. The van der Waals surface area contributed by atoms with Gasteiger partial charge in [-0.25, -0.2) is 9.50 Å². The molecule has 33 heavy (non-hydrogen) atoms. The summed E-state index contributed by atoms with van der Waals surface area (Å²) in [7, 11) is 2.17. The number of amides is 1. The second-order valence-electron chi connectivity index (χ2n) is 9.22. The van der Waals surface area contributed by atoms with Crippen LogP contribution in [0.25, 0.3) is 5.65 Å². The fourth-order valence-electron chi connectivity index (χ4n) is 4.84. The second-order valence-corrected chi connectivity index (χ2v) is 9.22. The van der Waals surface area contributed by atoms with E-state index >= 15 is 0 Å². The number of fused-ring (bicyclic) bond motifs is 1. The highest BCUT2D eigenvalue weighted by Gasteiger charge is 2.20. The molecule has 8 nitrogen and oxygen atoms in total. The Morgan fingerprint density at radius 3 is 2.67 bits per heavy atom. The van der Waals surface area contributed by atoms with Crippen LogP contribution in [0.1, 0.15) is 48.0 Å². The summed E-state index contributed by atoms with van der Waals surface area (Å²) in [5, 5.41) is 11.0. The summed E-state index contributed by atoms with van der Waals surface area (Å²) >= 11 is 0. The average Bonchev–Trinajstić information content (AvgIpc) is 3.28. The molecule has 3 heterocycles. The first-order valence-electron chi connectivity index (χ1n) is 12.1. The van der Waals surface area contributed by atoms with Crippen molar-refractivity contribution in [3.8, 4) is 0 Å². The Balaban J connectivity index is 1.29. The first-order chi connectivity index (χ1) is 16.2. The molecule has 3 aromatic rings. The number of anilines is 2. The molecule has 2 fully saturated rings. The van der Waals surface area contributed by atoms with Gasteiger partial charge in [-0.15, -0.1) is 0 Å². The average molecular weight is 448 g/mol. The van der Waals surface area contributed by atoms with Crippen molar-refractivity contribution in [2.45, 2.75) is 44.7 Å². The predicted molar refractivity (Wildman–Crippen MR) is 131 cm³/mol. The van der Waals surface area contributed by atoms with Crippen LogP contribution in [0, 0.1) is 0 Å². The number of para-hydroxylation sites is 1. The maximum absolute atomic E-state index is 12.9. The highest BCUT2D eigenvalue weighted by Crippen LogP contribution is 2.23. The Hall–Kier alpha value is -3.13. The minimum Gasteiger partial charge on any atom is -0.369 e. The van der Waals surface area contributed by atoms with Gasteiger partial charge in [0.15, 0.2) is 5.65 Å². The van der Waals surface area contributed by atoms with Crippen LogP contribution in [0.15, 0.2) is 42.7 Å². The number of piperazine rings is 1. The number of hydrogen-bond acceptors (Lipinski definition) is 6. The monoisotopic (exact) mass is 447 g/mol. The van der Waals surface area contributed by atoms with Crippen molar-refractivity contribution in [1.82, 2.24) is 24.8 Å². The van der Waals surface area contributed by atoms with Gasteiger partial charge in [-0.2, -0.15) is 5.10 Å². The lowest BCUT2D eigenvalue weighted by atomic mass is 9.95. The van der Waals surface area contributed by atoms with E-state index in [-0.39, 0.29) is 11.9 Å². The summed E-state index contributed by atoms with van der Waals surface area (Å²) in [6.45, 7) is 4.89. The highest BCUT2D eigenvalue weighted by molar-refractivity contribution is 5.99. The molecule has 0 atom stereocenters. The molecular weight excluding hydrogens is 414 g/mol. The normalized spacial score (nSPS) is 17.9. The van der Waals surface area contributed by atoms with Crippen LogP contribution >= 0.6 is 0 Å². The van der Waals surface area contributed by atoms with E-state index in [1.807, 2.05) is 12.3 Å². The van der Waals surface area contributed by atoms with Crippen LogP contribution in [0.3, 0.4) is 0 Å². The van der Waals surface area contributed by atoms with Gasteiger partial charge in [0.05, 0.1) is 6.20 Å². The van der Waals surface area contributed by atoms with Gasteiger partial charge in [-0.05, 0) is 37.6 Å². The van der Waals surface area contributed by atoms with Crippen LogP contribution in [0.4, 0.5) is 11.5 Å². The second kappa shape index (κ2) is 9.79. The largest absolute Gasteiger partial charge is 0.369 e. The number of nitrogens with zero attached hydrogens (tertiary/aromatic N) is 5. The number of carbonyl (C=O) groups excluding carboxylic acids is 1. The minimum atomic E-state index is -0.0815. The fourth-order valence-corrected chi connectivity index (χ4v) is 4.84. The molecule has 0 spiro atoms. The van der Waals surface area contributed by atoms with Crippen LogP contribution in [0.5, 0.6) is 0 Å². The summed E-state index contributed by atoms with van der Waals surface area (Å²) in [5.41, 5.74) is 3.63. The van der Waals surface area contributed by atoms with E-state index < -0.39 is 0 Å². The molecule has 2 aliphatic rings. The zero-order valence-electron chi connectivity index (χ0n) is 19.3. The number of carbonyl (C=O) groups is 1. The number of hydrogen-bond donors (Lipinski definition) is 2. The Morgan fingerprint density at radius 1 is 1.06 bits per heavy atom. The summed E-state index contributed by atoms with van der Waals surface area (Å²) in [6.07, 6.45) is 9.21. The SMILES string of the molecule is CN1CCN(c2ccccc2CNc2ccn3ncc(C(=O)NC4CCCCC4)c3n2)CC1. The van der Waals surface area contributed by atoms with E-state index in [4.69, 9.17) is 4.98 Å². The maximum Gasteiger partial charge on any atom is 0.256 e. The molecule has 1 saturated carbocycles. The lowest BCUT2D eigenvalue weighted by Crippen LogP contribution is -2.44. The van der Waals surface area contributed by atoms with Crippen molar-refractivity contribution in [2.24, 2.45) is 0 Å². The first kappa shape index (κ1) is 21.7. The number of likely N-dealkylation sites (N-methyl/N-ethyl adjacent to an activating group) is 1. The van der Waals surface area contributed by atoms with Crippen molar-refractivity contribution < 1.29 is 4.79 Å². The zero-order chi connectivity index (χ0) is 22.6. The first-order valence-corrected chi connectivity index (χ1v) is 12.1. The Labute approximate surface area is 195 Å². The molecule has 1 saturated heterocycles. The van der Waals surface area contributed by atoms with E-state index in [1.165, 1.54) is 30.5 Å². The highest BCUT2D eigenvalue weighted by atomic mass is 16.1. The molecule has 1 amide bonds. The predicted octanol–water partition coefficient (Wildman–Crippen LogP) is 3.16. The molecule has 1 aromatic carbocycles. The Bertz CT molecular complexity index is 1100. The van der Waals surface area contributed by atoms with Crippen molar-refractivity contribution in [3.05, 3.63) is 53.9 Å².